The van der Waals surface area contributed by atoms with Crippen molar-refractivity contribution in [2.75, 3.05) is 11.1 Å². The molecule has 2 rings (SSSR count). The lowest BCUT2D eigenvalue weighted by Gasteiger charge is -2.08. The fraction of sp³-hybridized carbons (Fsp3) is 0.250. The normalized spacial score (nSPS) is 20.4. The molecule has 0 saturated carbocycles. The van der Waals surface area contributed by atoms with E-state index in [1.807, 2.05) is 0 Å². The first-order valence-electron chi connectivity index (χ1n) is 5.51. The molecule has 0 fully saturated rings. The number of allylic oxidation sites excluding steroid dienone is 1. The molecule has 1 aromatic carbocycles. The zero-order valence-corrected chi connectivity index (χ0v) is 11.3. The molecule has 0 radical (unpaired) electrons. The van der Waals surface area contributed by atoms with Gasteiger partial charge in [0.05, 0.1) is 10.8 Å². The van der Waals surface area contributed by atoms with Crippen molar-refractivity contribution in [1.82, 2.24) is 0 Å². The maximum absolute atomic E-state index is 12.9. The molecular weight excluding hydrogens is 293 g/mol. The first-order chi connectivity index (χ1) is 8.85. The Bertz CT molecular complexity index is 642. The van der Waals surface area contributed by atoms with Gasteiger partial charge in [-0.25, -0.2) is 12.8 Å². The molecule has 7 heteroatoms. The van der Waals surface area contributed by atoms with Crippen LogP contribution in [0.3, 0.4) is 0 Å². The molecule has 0 aromatic heterocycles. The Hall–Kier alpha value is -1.40. The lowest BCUT2D eigenvalue weighted by Crippen LogP contribution is -2.17. The van der Waals surface area contributed by atoms with Gasteiger partial charge in [0, 0.05) is 23.4 Å². The topological polar surface area (TPSA) is 63.2 Å². The van der Waals surface area contributed by atoms with E-state index in [2.05, 4.69) is 5.32 Å². The Labute approximate surface area is 115 Å². The van der Waals surface area contributed by atoms with Crippen molar-refractivity contribution in [3.8, 4) is 0 Å². The van der Waals surface area contributed by atoms with Gasteiger partial charge in [-0.15, -0.1) is 0 Å². The van der Waals surface area contributed by atoms with Crippen molar-refractivity contribution >= 4 is 33.0 Å². The summed E-state index contributed by atoms with van der Waals surface area (Å²) in [7, 11) is -3.16. The maximum Gasteiger partial charge on any atom is 0.224 e. The lowest BCUT2D eigenvalue weighted by atomic mass is 10.1. The van der Waals surface area contributed by atoms with E-state index in [4.69, 9.17) is 11.6 Å². The molecule has 0 spiro atoms. The summed E-state index contributed by atoms with van der Waals surface area (Å²) >= 11 is 5.59. The van der Waals surface area contributed by atoms with Crippen LogP contribution in [0.5, 0.6) is 0 Å². The third kappa shape index (κ3) is 3.78. The second-order valence-electron chi connectivity index (χ2n) is 4.30. The highest BCUT2D eigenvalue weighted by molar-refractivity contribution is 7.94. The number of halogens is 2. The summed E-state index contributed by atoms with van der Waals surface area (Å²) in [6, 6.07) is 3.84. The molecule has 4 nitrogen and oxygen atoms in total. The average molecular weight is 304 g/mol. The molecule has 1 aliphatic heterocycles. The number of carbonyl (C=O) groups is 1. The quantitative estimate of drug-likeness (QED) is 0.932. The van der Waals surface area contributed by atoms with Gasteiger partial charge in [-0.2, -0.15) is 0 Å². The molecule has 1 unspecified atom stereocenters. The Balaban J connectivity index is 1.95. The lowest BCUT2D eigenvalue weighted by molar-refractivity contribution is -0.116. The third-order valence-corrected chi connectivity index (χ3v) is 4.41. The Morgan fingerprint density at radius 2 is 2.21 bits per heavy atom. The smallest absolute Gasteiger partial charge is 0.224 e. The second kappa shape index (κ2) is 5.30. The van der Waals surface area contributed by atoms with E-state index in [9.17, 15) is 17.6 Å². The minimum absolute atomic E-state index is 0.0510. The van der Waals surface area contributed by atoms with Gasteiger partial charge in [-0.1, -0.05) is 17.7 Å². The predicted molar refractivity (Wildman–Crippen MR) is 71.1 cm³/mol. The molecule has 0 saturated heterocycles. The minimum atomic E-state index is -3.16. The average Bonchev–Trinajstić information content (AvgIpc) is 2.63. The number of benzene rings is 1. The standard InChI is InChI=1S/C12H11ClFNO3S/c13-10-6-9(1-2-11(10)14)15-12(16)5-8-3-4-19(17,18)7-8/h1-4,6,8H,5,7H2,(H,15,16). The minimum Gasteiger partial charge on any atom is -0.326 e. The molecule has 1 N–H and O–H groups in total. The molecule has 1 atom stereocenters. The SMILES string of the molecule is O=C(CC1C=CS(=O)(=O)C1)Nc1ccc(F)c(Cl)c1. The van der Waals surface area contributed by atoms with Gasteiger partial charge in [0.15, 0.2) is 9.84 Å². The first kappa shape index (κ1) is 14.0. The Kier molecular flexibility index (Phi) is 3.91. The van der Waals surface area contributed by atoms with Crippen LogP contribution in [-0.4, -0.2) is 20.1 Å². The van der Waals surface area contributed by atoms with Crippen molar-refractivity contribution in [2.45, 2.75) is 6.42 Å². The molecule has 0 aliphatic carbocycles. The van der Waals surface area contributed by atoms with Crippen molar-refractivity contribution < 1.29 is 17.6 Å². The number of hydrogen-bond donors (Lipinski definition) is 1. The summed E-state index contributed by atoms with van der Waals surface area (Å²) < 4.78 is 35.3. The van der Waals surface area contributed by atoms with Gasteiger partial charge in [0.1, 0.15) is 5.82 Å². The van der Waals surface area contributed by atoms with Crippen molar-refractivity contribution in [3.63, 3.8) is 0 Å². The van der Waals surface area contributed by atoms with Crippen LogP contribution in [0.2, 0.25) is 5.02 Å². The monoisotopic (exact) mass is 303 g/mol. The summed E-state index contributed by atoms with van der Waals surface area (Å²) in [6.07, 6.45) is 1.57. The summed E-state index contributed by atoms with van der Waals surface area (Å²) in [5.74, 6) is -1.27. The zero-order valence-electron chi connectivity index (χ0n) is 9.77. The fourth-order valence-electron chi connectivity index (χ4n) is 1.79. The maximum atomic E-state index is 12.9. The number of anilines is 1. The Morgan fingerprint density at radius 1 is 1.47 bits per heavy atom. The van der Waals surface area contributed by atoms with Crippen LogP contribution >= 0.6 is 11.6 Å². The molecule has 1 aromatic rings. The van der Waals surface area contributed by atoms with E-state index in [1.54, 1.807) is 0 Å². The highest BCUT2D eigenvalue weighted by atomic mass is 35.5. The van der Waals surface area contributed by atoms with E-state index in [0.717, 1.165) is 11.5 Å². The largest absolute Gasteiger partial charge is 0.326 e. The number of carbonyl (C=O) groups excluding carboxylic acids is 1. The molecule has 19 heavy (non-hydrogen) atoms. The van der Waals surface area contributed by atoms with Gasteiger partial charge in [0.25, 0.3) is 0 Å². The van der Waals surface area contributed by atoms with Gasteiger partial charge in [-0.3, -0.25) is 4.79 Å². The van der Waals surface area contributed by atoms with Crippen LogP contribution in [0.15, 0.2) is 29.7 Å². The summed E-state index contributed by atoms with van der Waals surface area (Å²) in [5.41, 5.74) is 0.376. The molecule has 0 bridgehead atoms. The van der Waals surface area contributed by atoms with Gasteiger partial charge >= 0.3 is 0 Å². The van der Waals surface area contributed by atoms with Crippen LogP contribution in [0, 0.1) is 11.7 Å². The fourth-order valence-corrected chi connectivity index (χ4v) is 3.37. The van der Waals surface area contributed by atoms with E-state index in [0.29, 0.717) is 5.69 Å². The van der Waals surface area contributed by atoms with Crippen LogP contribution in [-0.2, 0) is 14.6 Å². The molecule has 102 valence electrons. The van der Waals surface area contributed by atoms with Gasteiger partial charge in [0.2, 0.25) is 5.91 Å². The number of sulfone groups is 1. The van der Waals surface area contributed by atoms with Crippen molar-refractivity contribution in [3.05, 3.63) is 40.5 Å². The molecule has 1 heterocycles. The molecule has 1 amide bonds. The zero-order chi connectivity index (χ0) is 14.0. The number of nitrogens with one attached hydrogen (secondary N) is 1. The highest BCUT2D eigenvalue weighted by Gasteiger charge is 2.23. The summed E-state index contributed by atoms with van der Waals surface area (Å²) in [4.78, 5) is 11.7. The van der Waals surface area contributed by atoms with Crippen LogP contribution in [0.1, 0.15) is 6.42 Å². The van der Waals surface area contributed by atoms with Crippen LogP contribution < -0.4 is 5.32 Å². The highest BCUT2D eigenvalue weighted by Crippen LogP contribution is 2.21. The molecule has 1 aliphatic rings. The van der Waals surface area contributed by atoms with E-state index in [1.165, 1.54) is 18.2 Å². The van der Waals surface area contributed by atoms with E-state index < -0.39 is 15.7 Å². The number of rotatable bonds is 3. The molecular formula is C12H11ClFNO3S. The predicted octanol–water partition coefficient (Wildman–Crippen LogP) is 2.37. The summed E-state index contributed by atoms with van der Waals surface area (Å²) in [5, 5.41) is 3.59. The first-order valence-corrected chi connectivity index (χ1v) is 7.61. The Morgan fingerprint density at radius 3 is 2.79 bits per heavy atom. The van der Waals surface area contributed by atoms with Gasteiger partial charge < -0.3 is 5.32 Å². The number of hydrogen-bond acceptors (Lipinski definition) is 3. The van der Waals surface area contributed by atoms with Gasteiger partial charge in [-0.05, 0) is 18.2 Å². The van der Waals surface area contributed by atoms with Crippen LogP contribution in [0.25, 0.3) is 0 Å². The van der Waals surface area contributed by atoms with Crippen molar-refractivity contribution in [2.24, 2.45) is 5.92 Å². The van der Waals surface area contributed by atoms with E-state index in [-0.39, 0.29) is 29.0 Å². The summed E-state index contributed by atoms with van der Waals surface area (Å²) in [6.45, 7) is 0. The van der Waals surface area contributed by atoms with Crippen molar-refractivity contribution in [1.29, 1.82) is 0 Å². The second-order valence-corrected chi connectivity index (χ2v) is 6.64. The number of amides is 1. The third-order valence-electron chi connectivity index (χ3n) is 2.66. The van der Waals surface area contributed by atoms with Crippen LogP contribution in [0.4, 0.5) is 10.1 Å². The van der Waals surface area contributed by atoms with E-state index >= 15 is 0 Å².